The number of hydrogen-bond donors (Lipinski definition) is 1. The van der Waals surface area contributed by atoms with Crippen LogP contribution in [0.4, 0.5) is 10.1 Å². The van der Waals surface area contributed by atoms with Crippen molar-refractivity contribution in [3.05, 3.63) is 28.2 Å². The fraction of sp³-hybridized carbons (Fsp3) is 0.688. The number of pyridine rings is 1. The molecule has 0 aromatic carbocycles. The third-order valence-electron chi connectivity index (χ3n) is 4.52. The molecule has 2 N–H and O–H groups in total. The number of ether oxygens (including phenoxy) is 2. The molecule has 1 aliphatic carbocycles. The third kappa shape index (κ3) is 3.50. The molecule has 2 atom stereocenters. The number of nitrogens with two attached hydrogens (primary N) is 1. The monoisotopic (exact) mass is 310 g/mol. The van der Waals surface area contributed by atoms with E-state index in [4.69, 9.17) is 15.2 Å². The van der Waals surface area contributed by atoms with Crippen molar-refractivity contribution in [1.82, 2.24) is 4.57 Å². The number of nitrogens with zero attached hydrogens (tertiary/aromatic N) is 1. The summed E-state index contributed by atoms with van der Waals surface area (Å²) in [7, 11) is 0. The summed E-state index contributed by atoms with van der Waals surface area (Å²) >= 11 is 0. The molecule has 3 rings (SSSR count). The van der Waals surface area contributed by atoms with Crippen LogP contribution in [-0.4, -0.2) is 30.1 Å². The molecular formula is C16H23FN2O3. The SMILES string of the molecule is Nc1cc(COC2CCC(F)C2)cn(C2CCOCC2)c1=O. The molecule has 0 spiro atoms. The van der Waals surface area contributed by atoms with Gasteiger partial charge in [0.25, 0.3) is 5.56 Å². The highest BCUT2D eigenvalue weighted by Crippen LogP contribution is 2.26. The molecule has 0 radical (unpaired) electrons. The van der Waals surface area contributed by atoms with Crippen LogP contribution >= 0.6 is 0 Å². The normalized spacial score (nSPS) is 26.4. The van der Waals surface area contributed by atoms with Gasteiger partial charge in [-0.25, -0.2) is 4.39 Å². The Bertz CT molecular complexity index is 569. The van der Waals surface area contributed by atoms with E-state index in [9.17, 15) is 9.18 Å². The fourth-order valence-corrected chi connectivity index (χ4v) is 3.25. The molecule has 1 aromatic rings. The van der Waals surface area contributed by atoms with Gasteiger partial charge in [0.1, 0.15) is 6.17 Å². The summed E-state index contributed by atoms with van der Waals surface area (Å²) in [5.74, 6) is 0. The predicted molar refractivity (Wildman–Crippen MR) is 81.5 cm³/mol. The zero-order chi connectivity index (χ0) is 15.5. The molecule has 2 fully saturated rings. The fourth-order valence-electron chi connectivity index (χ4n) is 3.25. The predicted octanol–water partition coefficient (Wildman–Crippen LogP) is 2.19. The van der Waals surface area contributed by atoms with Gasteiger partial charge in [-0.2, -0.15) is 0 Å². The Labute approximate surface area is 129 Å². The molecule has 0 amide bonds. The zero-order valence-corrected chi connectivity index (χ0v) is 12.7. The summed E-state index contributed by atoms with van der Waals surface area (Å²) < 4.78 is 26.0. The van der Waals surface area contributed by atoms with Crippen LogP contribution < -0.4 is 11.3 Å². The average molecular weight is 310 g/mol. The molecule has 22 heavy (non-hydrogen) atoms. The van der Waals surface area contributed by atoms with Crippen molar-refractivity contribution in [1.29, 1.82) is 0 Å². The maximum absolute atomic E-state index is 13.2. The molecule has 2 aliphatic rings. The lowest BCUT2D eigenvalue weighted by atomic mass is 10.1. The standard InChI is InChI=1S/C16H23FN2O3/c17-12-1-2-14(8-12)22-10-11-7-15(18)16(20)19(9-11)13-3-5-21-6-4-13/h7,9,12-14H,1-6,8,10,18H2. The lowest BCUT2D eigenvalue weighted by Crippen LogP contribution is -2.30. The van der Waals surface area contributed by atoms with Gasteiger partial charge in [0.05, 0.1) is 18.4 Å². The molecule has 0 bridgehead atoms. The summed E-state index contributed by atoms with van der Waals surface area (Å²) in [6.45, 7) is 1.69. The van der Waals surface area contributed by atoms with Gasteiger partial charge in [-0.05, 0) is 37.3 Å². The number of alkyl halides is 1. The van der Waals surface area contributed by atoms with E-state index < -0.39 is 6.17 Å². The highest BCUT2D eigenvalue weighted by Gasteiger charge is 2.25. The third-order valence-corrected chi connectivity index (χ3v) is 4.52. The minimum absolute atomic E-state index is 0.0281. The topological polar surface area (TPSA) is 66.5 Å². The van der Waals surface area contributed by atoms with Crippen molar-refractivity contribution in [2.75, 3.05) is 18.9 Å². The van der Waals surface area contributed by atoms with E-state index in [1.165, 1.54) is 0 Å². The van der Waals surface area contributed by atoms with Crippen molar-refractivity contribution >= 4 is 5.69 Å². The molecule has 1 aliphatic heterocycles. The Hall–Kier alpha value is -1.40. The molecule has 122 valence electrons. The Kier molecular flexibility index (Phi) is 4.78. The molecular weight excluding hydrogens is 287 g/mol. The average Bonchev–Trinajstić information content (AvgIpc) is 2.95. The maximum Gasteiger partial charge on any atom is 0.273 e. The van der Waals surface area contributed by atoms with Gasteiger partial charge in [0.15, 0.2) is 0 Å². The second-order valence-electron chi connectivity index (χ2n) is 6.20. The van der Waals surface area contributed by atoms with Gasteiger partial charge in [0, 0.05) is 31.9 Å². The summed E-state index contributed by atoms with van der Waals surface area (Å²) in [6.07, 6.45) is 4.49. The van der Waals surface area contributed by atoms with Gasteiger partial charge in [-0.15, -0.1) is 0 Å². The minimum atomic E-state index is -0.744. The van der Waals surface area contributed by atoms with Crippen molar-refractivity contribution in [3.63, 3.8) is 0 Å². The number of rotatable bonds is 4. The second-order valence-corrected chi connectivity index (χ2v) is 6.20. The number of hydrogen-bond acceptors (Lipinski definition) is 4. The zero-order valence-electron chi connectivity index (χ0n) is 12.7. The van der Waals surface area contributed by atoms with E-state index in [0.717, 1.165) is 24.8 Å². The van der Waals surface area contributed by atoms with Crippen LogP contribution in [0.2, 0.25) is 0 Å². The van der Waals surface area contributed by atoms with Crippen LogP contribution in [0.3, 0.4) is 0 Å². The number of halogens is 1. The van der Waals surface area contributed by atoms with Crippen LogP contribution in [0.15, 0.2) is 17.1 Å². The quantitative estimate of drug-likeness (QED) is 0.926. The highest BCUT2D eigenvalue weighted by atomic mass is 19.1. The summed E-state index contributed by atoms with van der Waals surface area (Å²) in [6, 6.07) is 1.80. The van der Waals surface area contributed by atoms with Gasteiger partial charge in [-0.3, -0.25) is 4.79 Å². The smallest absolute Gasteiger partial charge is 0.273 e. The molecule has 1 aromatic heterocycles. The van der Waals surface area contributed by atoms with Crippen LogP contribution in [0.5, 0.6) is 0 Å². The summed E-state index contributed by atoms with van der Waals surface area (Å²) in [5, 5.41) is 0. The lowest BCUT2D eigenvalue weighted by Gasteiger charge is -2.25. The molecule has 6 heteroatoms. The molecule has 2 heterocycles. The van der Waals surface area contributed by atoms with Gasteiger partial charge >= 0.3 is 0 Å². The van der Waals surface area contributed by atoms with Gasteiger partial charge in [0.2, 0.25) is 0 Å². The van der Waals surface area contributed by atoms with Crippen molar-refractivity contribution in [2.45, 2.75) is 57.0 Å². The maximum atomic E-state index is 13.2. The van der Waals surface area contributed by atoms with E-state index in [1.54, 1.807) is 10.6 Å². The largest absolute Gasteiger partial charge is 0.394 e. The van der Waals surface area contributed by atoms with Gasteiger partial charge in [-0.1, -0.05) is 0 Å². The number of anilines is 1. The lowest BCUT2D eigenvalue weighted by molar-refractivity contribution is 0.0407. The van der Waals surface area contributed by atoms with Crippen molar-refractivity contribution in [3.8, 4) is 0 Å². The van der Waals surface area contributed by atoms with Crippen LogP contribution in [0.1, 0.15) is 43.7 Å². The summed E-state index contributed by atoms with van der Waals surface area (Å²) in [4.78, 5) is 12.2. The summed E-state index contributed by atoms with van der Waals surface area (Å²) in [5.41, 5.74) is 6.81. The van der Waals surface area contributed by atoms with Crippen LogP contribution in [0, 0.1) is 0 Å². The van der Waals surface area contributed by atoms with Crippen LogP contribution in [0.25, 0.3) is 0 Å². The number of nitrogen functional groups attached to an aromatic ring is 1. The first-order chi connectivity index (χ1) is 10.6. The van der Waals surface area contributed by atoms with Crippen LogP contribution in [-0.2, 0) is 16.1 Å². The minimum Gasteiger partial charge on any atom is -0.394 e. The molecule has 2 unspecified atom stereocenters. The first-order valence-corrected chi connectivity index (χ1v) is 7.97. The molecule has 5 nitrogen and oxygen atoms in total. The van der Waals surface area contributed by atoms with Gasteiger partial charge < -0.3 is 19.8 Å². The Morgan fingerprint density at radius 2 is 2.09 bits per heavy atom. The van der Waals surface area contributed by atoms with E-state index in [1.807, 2.05) is 6.20 Å². The highest BCUT2D eigenvalue weighted by molar-refractivity contribution is 5.38. The Balaban J connectivity index is 1.71. The first kappa shape index (κ1) is 15.5. The Morgan fingerprint density at radius 1 is 1.32 bits per heavy atom. The number of aromatic nitrogens is 1. The van der Waals surface area contributed by atoms with Crippen molar-refractivity contribution < 1.29 is 13.9 Å². The van der Waals surface area contributed by atoms with E-state index in [0.29, 0.717) is 32.7 Å². The molecule has 1 saturated carbocycles. The van der Waals surface area contributed by atoms with E-state index >= 15 is 0 Å². The Morgan fingerprint density at radius 3 is 2.77 bits per heavy atom. The second kappa shape index (κ2) is 6.79. The van der Waals surface area contributed by atoms with E-state index in [2.05, 4.69) is 0 Å². The van der Waals surface area contributed by atoms with E-state index in [-0.39, 0.29) is 23.4 Å². The first-order valence-electron chi connectivity index (χ1n) is 7.97. The van der Waals surface area contributed by atoms with Crippen molar-refractivity contribution in [2.24, 2.45) is 0 Å². The molecule has 1 saturated heterocycles.